The smallest absolute Gasteiger partial charge is 0.148 e. The first-order valence-electron chi connectivity index (χ1n) is 4.20. The Balaban J connectivity index is 1.85. The van der Waals surface area contributed by atoms with Crippen LogP contribution in [0.15, 0.2) is 0 Å². The molecular formula is C8H12O4. The second-order valence-electron chi connectivity index (χ2n) is 3.12. The van der Waals surface area contributed by atoms with Crippen molar-refractivity contribution in [3.8, 4) is 0 Å². The molecule has 0 spiro atoms. The van der Waals surface area contributed by atoms with Crippen LogP contribution in [0.3, 0.4) is 0 Å². The predicted octanol–water partition coefficient (Wildman–Crippen LogP) is 0.106. The molecule has 12 heavy (non-hydrogen) atoms. The first-order valence-corrected chi connectivity index (χ1v) is 4.20. The molecule has 2 fully saturated rings. The fourth-order valence-corrected chi connectivity index (χ4v) is 1.63. The molecule has 2 rings (SSSR count). The minimum atomic E-state index is -0.223. The molecule has 0 saturated carbocycles. The summed E-state index contributed by atoms with van der Waals surface area (Å²) in [6.07, 6.45) is 2.44. The van der Waals surface area contributed by atoms with Crippen LogP contribution in [0, 0.1) is 0 Å². The molecule has 0 amide bonds. The first kappa shape index (κ1) is 8.16. The highest BCUT2D eigenvalue weighted by Gasteiger charge is 2.34. The van der Waals surface area contributed by atoms with Crippen LogP contribution < -0.4 is 0 Å². The zero-order valence-corrected chi connectivity index (χ0v) is 6.77. The molecule has 0 N–H and O–H groups in total. The van der Waals surface area contributed by atoms with Gasteiger partial charge in [0.15, 0.2) is 0 Å². The molecule has 3 atom stereocenters. The zero-order valence-electron chi connectivity index (χ0n) is 6.77. The molecule has 2 aliphatic rings. The van der Waals surface area contributed by atoms with E-state index in [4.69, 9.17) is 14.2 Å². The lowest BCUT2D eigenvalue weighted by Crippen LogP contribution is -2.28. The van der Waals surface area contributed by atoms with E-state index in [9.17, 15) is 4.79 Å². The average molecular weight is 172 g/mol. The second kappa shape index (κ2) is 3.51. The largest absolute Gasteiger partial charge is 0.365 e. The van der Waals surface area contributed by atoms with E-state index in [1.807, 2.05) is 0 Å². The summed E-state index contributed by atoms with van der Waals surface area (Å²) in [5.74, 6) is 0. The highest BCUT2D eigenvalue weighted by Crippen LogP contribution is 2.24. The normalized spacial score (nSPS) is 41.8. The Kier molecular flexibility index (Phi) is 2.39. The summed E-state index contributed by atoms with van der Waals surface area (Å²) in [6.45, 7) is 0.951. The number of ether oxygens (including phenoxy) is 3. The molecule has 2 saturated heterocycles. The standard InChI is InChI=1S/C8H12O4/c9-3-6-1-2-7(12-6)8-4-10-5-11-8/h3,6-8H,1-2,4-5H2/t6-,7-,8-/m1/s1. The highest BCUT2D eigenvalue weighted by molar-refractivity contribution is 5.56. The number of hydrogen-bond donors (Lipinski definition) is 0. The van der Waals surface area contributed by atoms with Gasteiger partial charge >= 0.3 is 0 Å². The topological polar surface area (TPSA) is 44.8 Å². The van der Waals surface area contributed by atoms with Crippen LogP contribution >= 0.6 is 0 Å². The molecule has 2 heterocycles. The lowest BCUT2D eigenvalue weighted by atomic mass is 10.1. The van der Waals surface area contributed by atoms with Gasteiger partial charge < -0.3 is 19.0 Å². The molecule has 0 aromatic rings. The number of aldehydes is 1. The number of rotatable bonds is 2. The van der Waals surface area contributed by atoms with Gasteiger partial charge in [-0.15, -0.1) is 0 Å². The molecule has 0 radical (unpaired) electrons. The Bertz CT molecular complexity index is 164. The number of hydrogen-bond acceptors (Lipinski definition) is 4. The van der Waals surface area contributed by atoms with Gasteiger partial charge in [-0.05, 0) is 12.8 Å². The monoisotopic (exact) mass is 172 g/mol. The zero-order chi connectivity index (χ0) is 8.39. The van der Waals surface area contributed by atoms with Gasteiger partial charge in [-0.3, -0.25) is 0 Å². The Morgan fingerprint density at radius 1 is 1.25 bits per heavy atom. The Labute approximate surface area is 70.8 Å². The van der Waals surface area contributed by atoms with Crippen molar-refractivity contribution in [3.63, 3.8) is 0 Å². The summed E-state index contributed by atoms with van der Waals surface area (Å²) in [5.41, 5.74) is 0. The molecule has 0 bridgehead atoms. The van der Waals surface area contributed by atoms with E-state index in [0.29, 0.717) is 13.4 Å². The van der Waals surface area contributed by atoms with Crippen LogP contribution in [0.25, 0.3) is 0 Å². The van der Waals surface area contributed by atoms with Crippen LogP contribution in [-0.2, 0) is 19.0 Å². The maximum atomic E-state index is 10.4. The van der Waals surface area contributed by atoms with Crippen LogP contribution in [0.5, 0.6) is 0 Å². The second-order valence-corrected chi connectivity index (χ2v) is 3.12. The SMILES string of the molecule is O=C[C@H]1CC[C@H]([C@H]2COCO2)O1. The lowest BCUT2D eigenvalue weighted by Gasteiger charge is -2.15. The third kappa shape index (κ3) is 1.50. The van der Waals surface area contributed by atoms with Crippen molar-refractivity contribution in [1.82, 2.24) is 0 Å². The van der Waals surface area contributed by atoms with Gasteiger partial charge in [-0.25, -0.2) is 0 Å². The minimum absolute atomic E-state index is 0.0370. The minimum Gasteiger partial charge on any atom is -0.365 e. The van der Waals surface area contributed by atoms with Crippen molar-refractivity contribution in [1.29, 1.82) is 0 Å². The Hall–Kier alpha value is -0.450. The van der Waals surface area contributed by atoms with Crippen molar-refractivity contribution in [3.05, 3.63) is 0 Å². The van der Waals surface area contributed by atoms with Crippen molar-refractivity contribution < 1.29 is 19.0 Å². The van der Waals surface area contributed by atoms with E-state index < -0.39 is 0 Å². The molecule has 0 aromatic carbocycles. The molecule has 4 heteroatoms. The van der Waals surface area contributed by atoms with Crippen molar-refractivity contribution in [2.24, 2.45) is 0 Å². The summed E-state index contributed by atoms with van der Waals surface area (Å²) < 4.78 is 15.7. The van der Waals surface area contributed by atoms with Gasteiger partial charge in [-0.1, -0.05) is 0 Å². The molecule has 0 aromatic heterocycles. The Morgan fingerprint density at radius 3 is 2.75 bits per heavy atom. The molecule has 0 aliphatic carbocycles. The van der Waals surface area contributed by atoms with Crippen molar-refractivity contribution in [2.45, 2.75) is 31.2 Å². The van der Waals surface area contributed by atoms with Crippen LogP contribution in [0.2, 0.25) is 0 Å². The quantitative estimate of drug-likeness (QED) is 0.554. The van der Waals surface area contributed by atoms with Gasteiger partial charge in [0.05, 0.1) is 12.7 Å². The first-order chi connectivity index (χ1) is 5.90. The van der Waals surface area contributed by atoms with E-state index in [0.717, 1.165) is 19.1 Å². The fraction of sp³-hybridized carbons (Fsp3) is 0.875. The van der Waals surface area contributed by atoms with Crippen molar-refractivity contribution in [2.75, 3.05) is 13.4 Å². The molecule has 4 nitrogen and oxygen atoms in total. The summed E-state index contributed by atoms with van der Waals surface area (Å²) in [5, 5.41) is 0. The summed E-state index contributed by atoms with van der Waals surface area (Å²) in [6, 6.07) is 0. The average Bonchev–Trinajstić information content (AvgIpc) is 2.75. The van der Waals surface area contributed by atoms with E-state index in [-0.39, 0.29) is 18.3 Å². The maximum absolute atomic E-state index is 10.4. The van der Waals surface area contributed by atoms with Crippen LogP contribution in [-0.4, -0.2) is 38.0 Å². The maximum Gasteiger partial charge on any atom is 0.148 e. The van der Waals surface area contributed by atoms with Crippen LogP contribution in [0.1, 0.15) is 12.8 Å². The van der Waals surface area contributed by atoms with Gasteiger partial charge in [0.25, 0.3) is 0 Å². The lowest BCUT2D eigenvalue weighted by molar-refractivity contribution is -0.120. The van der Waals surface area contributed by atoms with E-state index in [1.165, 1.54) is 0 Å². The van der Waals surface area contributed by atoms with E-state index in [2.05, 4.69) is 0 Å². The molecule has 2 aliphatic heterocycles. The van der Waals surface area contributed by atoms with Gasteiger partial charge in [0.1, 0.15) is 25.3 Å². The van der Waals surface area contributed by atoms with Gasteiger partial charge in [0, 0.05) is 0 Å². The molecular weight excluding hydrogens is 160 g/mol. The predicted molar refractivity (Wildman–Crippen MR) is 39.7 cm³/mol. The van der Waals surface area contributed by atoms with Gasteiger partial charge in [0.2, 0.25) is 0 Å². The fourth-order valence-electron chi connectivity index (χ4n) is 1.63. The molecule has 68 valence electrons. The summed E-state index contributed by atoms with van der Waals surface area (Å²) in [7, 11) is 0. The number of carbonyl (C=O) groups is 1. The van der Waals surface area contributed by atoms with E-state index >= 15 is 0 Å². The Morgan fingerprint density at radius 2 is 2.17 bits per heavy atom. The number of carbonyl (C=O) groups excluding carboxylic acids is 1. The summed E-state index contributed by atoms with van der Waals surface area (Å²) in [4.78, 5) is 10.4. The third-order valence-corrected chi connectivity index (χ3v) is 2.30. The summed E-state index contributed by atoms with van der Waals surface area (Å²) >= 11 is 0. The highest BCUT2D eigenvalue weighted by atomic mass is 16.7. The third-order valence-electron chi connectivity index (χ3n) is 2.30. The molecule has 0 unspecified atom stereocenters. The van der Waals surface area contributed by atoms with Crippen LogP contribution in [0.4, 0.5) is 0 Å². The van der Waals surface area contributed by atoms with Crippen molar-refractivity contribution >= 4 is 6.29 Å². The van der Waals surface area contributed by atoms with E-state index in [1.54, 1.807) is 0 Å². The van der Waals surface area contributed by atoms with Gasteiger partial charge in [-0.2, -0.15) is 0 Å².